The maximum absolute atomic E-state index is 9.93. The standard InChI is InChI=1S/C16H22N2O2S/c17-9-14-3-1-2-4-16(14)20-12-15(19)11-18-10-13-5-7-21-8-6-13/h1-4,13,15,18-19H,5-8,10-12H2. The van der Waals surface area contributed by atoms with E-state index in [4.69, 9.17) is 10.00 Å². The first-order chi connectivity index (χ1) is 10.3. The molecule has 21 heavy (non-hydrogen) atoms. The van der Waals surface area contributed by atoms with Crippen molar-refractivity contribution in [2.45, 2.75) is 18.9 Å². The first-order valence-electron chi connectivity index (χ1n) is 7.38. The summed E-state index contributed by atoms with van der Waals surface area (Å²) in [5.74, 6) is 3.77. The minimum absolute atomic E-state index is 0.201. The summed E-state index contributed by atoms with van der Waals surface area (Å²) in [6.07, 6.45) is 1.97. The van der Waals surface area contributed by atoms with Gasteiger partial charge in [0.1, 0.15) is 24.5 Å². The molecule has 0 aliphatic carbocycles. The van der Waals surface area contributed by atoms with Crippen LogP contribution in [0.1, 0.15) is 18.4 Å². The van der Waals surface area contributed by atoms with Crippen LogP contribution in [0.25, 0.3) is 0 Å². The van der Waals surface area contributed by atoms with Gasteiger partial charge >= 0.3 is 0 Å². The summed E-state index contributed by atoms with van der Waals surface area (Å²) in [6.45, 7) is 1.69. The molecule has 1 aliphatic rings. The molecule has 1 aliphatic heterocycles. The van der Waals surface area contributed by atoms with Crippen LogP contribution in [0.2, 0.25) is 0 Å². The van der Waals surface area contributed by atoms with Crippen LogP contribution in [-0.2, 0) is 0 Å². The van der Waals surface area contributed by atoms with Gasteiger partial charge in [-0.2, -0.15) is 17.0 Å². The summed E-state index contributed by atoms with van der Waals surface area (Å²) in [6, 6.07) is 9.16. The van der Waals surface area contributed by atoms with Crippen LogP contribution >= 0.6 is 11.8 Å². The van der Waals surface area contributed by atoms with E-state index in [1.165, 1.54) is 24.3 Å². The van der Waals surface area contributed by atoms with Crippen molar-refractivity contribution in [3.63, 3.8) is 0 Å². The van der Waals surface area contributed by atoms with Crippen LogP contribution in [0.3, 0.4) is 0 Å². The third-order valence-electron chi connectivity index (χ3n) is 3.59. The molecule has 0 bridgehead atoms. The van der Waals surface area contributed by atoms with E-state index in [1.807, 2.05) is 17.8 Å². The van der Waals surface area contributed by atoms with Gasteiger partial charge in [0, 0.05) is 6.54 Å². The molecule has 4 nitrogen and oxygen atoms in total. The fourth-order valence-corrected chi connectivity index (χ4v) is 3.54. The van der Waals surface area contributed by atoms with Crippen molar-refractivity contribution >= 4 is 11.8 Å². The Bertz CT molecular complexity index is 470. The van der Waals surface area contributed by atoms with Gasteiger partial charge in [0.05, 0.1) is 5.56 Å². The molecule has 1 fully saturated rings. The Hall–Kier alpha value is -1.22. The van der Waals surface area contributed by atoms with Crippen molar-refractivity contribution in [3.8, 4) is 11.8 Å². The Labute approximate surface area is 130 Å². The summed E-state index contributed by atoms with van der Waals surface area (Å²) in [5, 5.41) is 22.2. The predicted octanol–water partition coefficient (Wildman–Crippen LogP) is 2.03. The van der Waals surface area contributed by atoms with Crippen molar-refractivity contribution < 1.29 is 9.84 Å². The second-order valence-electron chi connectivity index (χ2n) is 5.29. The fourth-order valence-electron chi connectivity index (χ4n) is 2.33. The highest BCUT2D eigenvalue weighted by Gasteiger charge is 2.14. The molecule has 2 rings (SSSR count). The van der Waals surface area contributed by atoms with Gasteiger partial charge in [0.15, 0.2) is 0 Å². The number of nitrogens with one attached hydrogen (secondary N) is 1. The summed E-state index contributed by atoms with van der Waals surface area (Å²) in [7, 11) is 0. The molecule has 1 aromatic rings. The molecule has 0 aromatic heterocycles. The van der Waals surface area contributed by atoms with E-state index in [-0.39, 0.29) is 6.61 Å². The number of benzene rings is 1. The van der Waals surface area contributed by atoms with Crippen molar-refractivity contribution in [1.82, 2.24) is 5.32 Å². The summed E-state index contributed by atoms with van der Waals surface area (Å²) in [5.41, 5.74) is 0.498. The molecular weight excluding hydrogens is 284 g/mol. The lowest BCUT2D eigenvalue weighted by Crippen LogP contribution is -2.35. The zero-order valence-corrected chi connectivity index (χ0v) is 12.9. The number of hydrogen-bond acceptors (Lipinski definition) is 5. The smallest absolute Gasteiger partial charge is 0.137 e. The molecule has 1 heterocycles. The van der Waals surface area contributed by atoms with Crippen molar-refractivity contribution in [2.24, 2.45) is 5.92 Å². The van der Waals surface area contributed by atoms with Crippen LogP contribution in [0.5, 0.6) is 5.75 Å². The van der Waals surface area contributed by atoms with Crippen LogP contribution in [0.15, 0.2) is 24.3 Å². The van der Waals surface area contributed by atoms with Crippen LogP contribution in [0.4, 0.5) is 0 Å². The normalized spacial score (nSPS) is 17.1. The number of aliphatic hydroxyl groups is 1. The zero-order valence-electron chi connectivity index (χ0n) is 12.1. The third-order valence-corrected chi connectivity index (χ3v) is 4.64. The van der Waals surface area contributed by atoms with E-state index in [0.29, 0.717) is 17.9 Å². The lowest BCUT2D eigenvalue weighted by molar-refractivity contribution is 0.105. The Kier molecular flexibility index (Phi) is 6.87. The second-order valence-corrected chi connectivity index (χ2v) is 6.51. The second kappa shape index (κ2) is 8.93. The third kappa shape index (κ3) is 5.58. The van der Waals surface area contributed by atoms with E-state index in [9.17, 15) is 5.11 Å². The Morgan fingerprint density at radius 2 is 2.14 bits per heavy atom. The fraction of sp³-hybridized carbons (Fsp3) is 0.562. The van der Waals surface area contributed by atoms with E-state index in [2.05, 4.69) is 11.4 Å². The molecule has 1 atom stereocenters. The van der Waals surface area contributed by atoms with Gasteiger partial charge in [-0.1, -0.05) is 12.1 Å². The number of ether oxygens (including phenoxy) is 1. The molecule has 1 saturated heterocycles. The minimum atomic E-state index is -0.560. The zero-order chi connectivity index (χ0) is 14.9. The molecule has 1 aromatic carbocycles. The van der Waals surface area contributed by atoms with Gasteiger partial charge in [-0.25, -0.2) is 0 Å². The first-order valence-corrected chi connectivity index (χ1v) is 8.53. The highest BCUT2D eigenvalue weighted by molar-refractivity contribution is 7.99. The highest BCUT2D eigenvalue weighted by atomic mass is 32.2. The van der Waals surface area contributed by atoms with Crippen molar-refractivity contribution in [3.05, 3.63) is 29.8 Å². The van der Waals surface area contributed by atoms with Gasteiger partial charge in [0.25, 0.3) is 0 Å². The molecular formula is C16H22N2O2S. The number of nitrogens with zero attached hydrogens (tertiary/aromatic N) is 1. The monoisotopic (exact) mass is 306 g/mol. The topological polar surface area (TPSA) is 65.3 Å². The maximum atomic E-state index is 9.93. The summed E-state index contributed by atoms with van der Waals surface area (Å²) < 4.78 is 5.52. The summed E-state index contributed by atoms with van der Waals surface area (Å²) in [4.78, 5) is 0. The van der Waals surface area contributed by atoms with Crippen LogP contribution < -0.4 is 10.1 Å². The number of nitriles is 1. The SMILES string of the molecule is N#Cc1ccccc1OCC(O)CNCC1CCSCC1. The Morgan fingerprint density at radius 1 is 1.38 bits per heavy atom. The van der Waals surface area contributed by atoms with E-state index < -0.39 is 6.10 Å². The lowest BCUT2D eigenvalue weighted by Gasteiger charge is -2.22. The molecule has 1 unspecified atom stereocenters. The molecule has 0 saturated carbocycles. The molecule has 114 valence electrons. The van der Waals surface area contributed by atoms with E-state index in [0.717, 1.165) is 12.5 Å². The molecule has 0 spiro atoms. The van der Waals surface area contributed by atoms with Gasteiger partial charge in [-0.15, -0.1) is 0 Å². The van der Waals surface area contributed by atoms with Crippen molar-refractivity contribution in [2.75, 3.05) is 31.2 Å². The lowest BCUT2D eigenvalue weighted by atomic mass is 10.0. The van der Waals surface area contributed by atoms with Crippen LogP contribution in [0, 0.1) is 17.2 Å². The molecule has 0 radical (unpaired) electrons. The van der Waals surface area contributed by atoms with E-state index in [1.54, 1.807) is 18.2 Å². The van der Waals surface area contributed by atoms with Crippen molar-refractivity contribution in [1.29, 1.82) is 5.26 Å². The number of thioether (sulfide) groups is 1. The van der Waals surface area contributed by atoms with Gasteiger partial charge < -0.3 is 15.2 Å². The number of para-hydroxylation sites is 1. The van der Waals surface area contributed by atoms with Gasteiger partial charge in [0.2, 0.25) is 0 Å². The number of aliphatic hydroxyl groups excluding tert-OH is 1. The van der Waals surface area contributed by atoms with Crippen LogP contribution in [-0.4, -0.2) is 42.4 Å². The quantitative estimate of drug-likeness (QED) is 0.807. The Morgan fingerprint density at radius 3 is 2.90 bits per heavy atom. The van der Waals surface area contributed by atoms with Gasteiger partial charge in [-0.3, -0.25) is 0 Å². The van der Waals surface area contributed by atoms with Gasteiger partial charge in [-0.05, 0) is 48.9 Å². The average Bonchev–Trinajstić information content (AvgIpc) is 2.54. The molecule has 2 N–H and O–H groups in total. The number of hydrogen-bond donors (Lipinski definition) is 2. The largest absolute Gasteiger partial charge is 0.489 e. The predicted molar refractivity (Wildman–Crippen MR) is 85.6 cm³/mol. The maximum Gasteiger partial charge on any atom is 0.137 e. The minimum Gasteiger partial charge on any atom is -0.489 e. The summed E-state index contributed by atoms with van der Waals surface area (Å²) >= 11 is 2.02. The highest BCUT2D eigenvalue weighted by Crippen LogP contribution is 2.21. The average molecular weight is 306 g/mol. The number of rotatable bonds is 7. The Balaban J connectivity index is 1.65. The van der Waals surface area contributed by atoms with E-state index >= 15 is 0 Å². The molecule has 0 amide bonds. The molecule has 5 heteroatoms. The first kappa shape index (κ1) is 16.2.